The first-order chi connectivity index (χ1) is 9.24. The van der Waals surface area contributed by atoms with Gasteiger partial charge < -0.3 is 10.2 Å². The Hall–Kier alpha value is -1.62. The molecule has 5 nitrogen and oxygen atoms in total. The molecule has 1 saturated heterocycles. The minimum absolute atomic E-state index is 0.210. The van der Waals surface area contributed by atoms with Crippen molar-refractivity contribution in [2.75, 3.05) is 24.5 Å². The SMILES string of the molecule is CCCN(c1ccccc1[N+](=O)[O-])C1CCCNC1. The van der Waals surface area contributed by atoms with Crippen molar-refractivity contribution in [3.8, 4) is 0 Å². The van der Waals surface area contributed by atoms with Gasteiger partial charge in [0.2, 0.25) is 0 Å². The minimum Gasteiger partial charge on any atom is -0.362 e. The zero-order valence-corrected chi connectivity index (χ0v) is 11.3. The van der Waals surface area contributed by atoms with Gasteiger partial charge in [0.05, 0.1) is 4.92 Å². The van der Waals surface area contributed by atoms with E-state index >= 15 is 0 Å². The third-order valence-corrected chi connectivity index (χ3v) is 3.56. The van der Waals surface area contributed by atoms with Crippen LogP contribution in [0.1, 0.15) is 26.2 Å². The first-order valence-corrected chi connectivity index (χ1v) is 6.94. The fraction of sp³-hybridized carbons (Fsp3) is 0.571. The summed E-state index contributed by atoms with van der Waals surface area (Å²) in [6, 6.07) is 7.41. The highest BCUT2D eigenvalue weighted by Gasteiger charge is 2.25. The van der Waals surface area contributed by atoms with Crippen LogP contribution in [0.15, 0.2) is 24.3 Å². The molecule has 0 amide bonds. The molecule has 1 aromatic carbocycles. The number of piperidine rings is 1. The van der Waals surface area contributed by atoms with Crippen molar-refractivity contribution in [3.05, 3.63) is 34.4 Å². The zero-order valence-electron chi connectivity index (χ0n) is 11.3. The molecule has 0 spiro atoms. The number of hydrogen-bond donors (Lipinski definition) is 1. The molecule has 1 unspecified atom stereocenters. The van der Waals surface area contributed by atoms with E-state index in [4.69, 9.17) is 0 Å². The Bertz CT molecular complexity index is 430. The molecule has 1 heterocycles. The highest BCUT2D eigenvalue weighted by molar-refractivity contribution is 5.63. The molecule has 5 heteroatoms. The van der Waals surface area contributed by atoms with Crippen LogP contribution in [0.5, 0.6) is 0 Å². The predicted octanol–water partition coefficient (Wildman–Crippen LogP) is 2.56. The molecule has 0 radical (unpaired) electrons. The summed E-state index contributed by atoms with van der Waals surface area (Å²) in [5.41, 5.74) is 0.963. The number of nitro groups is 1. The second-order valence-electron chi connectivity index (χ2n) is 4.94. The quantitative estimate of drug-likeness (QED) is 0.655. The molecule has 2 rings (SSSR count). The average molecular weight is 263 g/mol. The van der Waals surface area contributed by atoms with E-state index in [1.807, 2.05) is 12.1 Å². The van der Waals surface area contributed by atoms with Crippen LogP contribution in [0.2, 0.25) is 0 Å². The molecule has 1 aliphatic rings. The number of rotatable bonds is 5. The normalized spacial score (nSPS) is 19.1. The molecular formula is C14H21N3O2. The van der Waals surface area contributed by atoms with Gasteiger partial charge in [0.1, 0.15) is 5.69 Å². The summed E-state index contributed by atoms with van der Waals surface area (Å²) in [5, 5.41) is 14.6. The van der Waals surface area contributed by atoms with E-state index in [1.54, 1.807) is 12.1 Å². The van der Waals surface area contributed by atoms with Crippen molar-refractivity contribution in [1.29, 1.82) is 0 Å². The van der Waals surface area contributed by atoms with Crippen LogP contribution in [0.3, 0.4) is 0 Å². The minimum atomic E-state index is -0.283. The molecule has 1 aromatic rings. The zero-order chi connectivity index (χ0) is 13.7. The van der Waals surface area contributed by atoms with Crippen LogP contribution in [0, 0.1) is 10.1 Å². The van der Waals surface area contributed by atoms with E-state index in [-0.39, 0.29) is 10.6 Å². The Morgan fingerprint density at radius 3 is 2.89 bits per heavy atom. The molecular weight excluding hydrogens is 242 g/mol. The Balaban J connectivity index is 2.29. The second-order valence-corrected chi connectivity index (χ2v) is 4.94. The van der Waals surface area contributed by atoms with Crippen LogP contribution in [0.4, 0.5) is 11.4 Å². The molecule has 104 valence electrons. The van der Waals surface area contributed by atoms with Gasteiger partial charge in [-0.3, -0.25) is 10.1 Å². The maximum atomic E-state index is 11.2. The van der Waals surface area contributed by atoms with Gasteiger partial charge in [-0.1, -0.05) is 19.1 Å². The number of nitrogens with one attached hydrogen (secondary N) is 1. The summed E-state index contributed by atoms with van der Waals surface area (Å²) in [5.74, 6) is 0. The van der Waals surface area contributed by atoms with E-state index in [0.29, 0.717) is 6.04 Å². The summed E-state index contributed by atoms with van der Waals surface area (Å²) in [6.45, 7) is 4.93. The lowest BCUT2D eigenvalue weighted by Gasteiger charge is -2.36. The van der Waals surface area contributed by atoms with Gasteiger partial charge >= 0.3 is 0 Å². The van der Waals surface area contributed by atoms with Crippen LogP contribution >= 0.6 is 0 Å². The molecule has 1 atom stereocenters. The fourth-order valence-electron chi connectivity index (χ4n) is 2.70. The summed E-state index contributed by atoms with van der Waals surface area (Å²) in [6.07, 6.45) is 3.22. The maximum absolute atomic E-state index is 11.2. The van der Waals surface area contributed by atoms with Gasteiger partial charge in [0.15, 0.2) is 0 Å². The molecule has 19 heavy (non-hydrogen) atoms. The van der Waals surface area contributed by atoms with E-state index in [1.165, 1.54) is 0 Å². The fourth-order valence-corrected chi connectivity index (χ4v) is 2.70. The van der Waals surface area contributed by atoms with Gasteiger partial charge in [-0.05, 0) is 31.9 Å². The number of para-hydroxylation sites is 2. The Labute approximate surface area is 113 Å². The summed E-state index contributed by atoms with van der Waals surface area (Å²) >= 11 is 0. The molecule has 0 aromatic heterocycles. The van der Waals surface area contributed by atoms with Crippen molar-refractivity contribution >= 4 is 11.4 Å². The molecule has 0 aliphatic carbocycles. The smallest absolute Gasteiger partial charge is 0.292 e. The number of benzene rings is 1. The Kier molecular flexibility index (Phi) is 4.74. The number of nitrogens with zero attached hydrogens (tertiary/aromatic N) is 2. The molecule has 1 aliphatic heterocycles. The van der Waals surface area contributed by atoms with Crippen molar-refractivity contribution in [2.24, 2.45) is 0 Å². The lowest BCUT2D eigenvalue weighted by atomic mass is 10.0. The largest absolute Gasteiger partial charge is 0.362 e. The van der Waals surface area contributed by atoms with Crippen LogP contribution in [-0.2, 0) is 0 Å². The van der Waals surface area contributed by atoms with Gasteiger partial charge in [0.25, 0.3) is 5.69 Å². The van der Waals surface area contributed by atoms with E-state index in [9.17, 15) is 10.1 Å². The highest BCUT2D eigenvalue weighted by Crippen LogP contribution is 2.30. The Morgan fingerprint density at radius 2 is 2.26 bits per heavy atom. The van der Waals surface area contributed by atoms with Gasteiger partial charge in [-0.2, -0.15) is 0 Å². The molecule has 0 saturated carbocycles. The molecule has 1 N–H and O–H groups in total. The lowest BCUT2D eigenvalue weighted by Crippen LogP contribution is -2.46. The summed E-state index contributed by atoms with van der Waals surface area (Å²) in [4.78, 5) is 13.1. The third-order valence-electron chi connectivity index (χ3n) is 3.56. The van der Waals surface area contributed by atoms with Crippen LogP contribution in [-0.4, -0.2) is 30.6 Å². The summed E-state index contributed by atoms with van der Waals surface area (Å²) in [7, 11) is 0. The predicted molar refractivity (Wildman–Crippen MR) is 76.6 cm³/mol. The van der Waals surface area contributed by atoms with E-state index in [0.717, 1.165) is 44.6 Å². The number of hydrogen-bond acceptors (Lipinski definition) is 4. The Morgan fingerprint density at radius 1 is 1.47 bits per heavy atom. The number of anilines is 1. The van der Waals surface area contributed by atoms with Crippen LogP contribution < -0.4 is 10.2 Å². The van der Waals surface area contributed by atoms with Gasteiger partial charge in [-0.15, -0.1) is 0 Å². The topological polar surface area (TPSA) is 58.4 Å². The van der Waals surface area contributed by atoms with E-state index in [2.05, 4.69) is 17.1 Å². The van der Waals surface area contributed by atoms with Crippen molar-refractivity contribution in [3.63, 3.8) is 0 Å². The van der Waals surface area contributed by atoms with Crippen molar-refractivity contribution in [1.82, 2.24) is 5.32 Å². The third kappa shape index (κ3) is 3.23. The summed E-state index contributed by atoms with van der Waals surface area (Å²) < 4.78 is 0. The highest BCUT2D eigenvalue weighted by atomic mass is 16.6. The number of nitro benzene ring substituents is 1. The first kappa shape index (κ1) is 13.8. The van der Waals surface area contributed by atoms with Gasteiger partial charge in [-0.25, -0.2) is 0 Å². The maximum Gasteiger partial charge on any atom is 0.292 e. The van der Waals surface area contributed by atoms with Crippen molar-refractivity contribution in [2.45, 2.75) is 32.2 Å². The first-order valence-electron chi connectivity index (χ1n) is 6.94. The molecule has 1 fully saturated rings. The monoisotopic (exact) mass is 263 g/mol. The average Bonchev–Trinajstić information content (AvgIpc) is 2.45. The van der Waals surface area contributed by atoms with Crippen molar-refractivity contribution < 1.29 is 4.92 Å². The van der Waals surface area contributed by atoms with E-state index < -0.39 is 0 Å². The standard InChI is InChI=1S/C14H21N3O2/c1-2-10-16(12-6-5-9-15-11-12)13-7-3-4-8-14(13)17(18)19/h3-4,7-8,12,15H,2,5-6,9-11H2,1H3. The van der Waals surface area contributed by atoms with Gasteiger partial charge in [0, 0.05) is 25.2 Å². The molecule has 0 bridgehead atoms. The lowest BCUT2D eigenvalue weighted by molar-refractivity contribution is -0.384. The van der Waals surface area contributed by atoms with Crippen LogP contribution in [0.25, 0.3) is 0 Å². The second kappa shape index (κ2) is 6.52.